The van der Waals surface area contributed by atoms with Gasteiger partial charge in [0, 0.05) is 30.5 Å². The minimum absolute atomic E-state index is 0.318. The molecule has 0 radical (unpaired) electrons. The summed E-state index contributed by atoms with van der Waals surface area (Å²) < 4.78 is 10.2. The molecule has 1 aliphatic rings. The predicted molar refractivity (Wildman–Crippen MR) is 96.1 cm³/mol. The first kappa shape index (κ1) is 17.4. The minimum Gasteiger partial charge on any atom is -0.463 e. The van der Waals surface area contributed by atoms with Crippen molar-refractivity contribution in [3.63, 3.8) is 0 Å². The normalized spacial score (nSPS) is 12.8. The fraction of sp³-hybridized carbons (Fsp3) is 0.278. The van der Waals surface area contributed by atoms with Gasteiger partial charge in [-0.25, -0.2) is 14.8 Å². The zero-order valence-corrected chi connectivity index (χ0v) is 15.0. The Morgan fingerprint density at radius 1 is 1.32 bits per heavy atom. The van der Waals surface area contributed by atoms with Crippen LogP contribution in [0.1, 0.15) is 12.5 Å². The average Bonchev–Trinajstić information content (AvgIpc) is 2.62. The molecule has 0 N–H and O–H groups in total. The van der Waals surface area contributed by atoms with Gasteiger partial charge in [0.25, 0.3) is 0 Å². The summed E-state index contributed by atoms with van der Waals surface area (Å²) in [5, 5.41) is 0.863. The Hall–Kier alpha value is -2.38. The number of esters is 1. The second-order valence-corrected chi connectivity index (χ2v) is 6.32. The summed E-state index contributed by atoms with van der Waals surface area (Å²) in [6.07, 6.45) is 7.29. The maximum Gasteiger partial charge on any atom is 0.330 e. The Morgan fingerprint density at radius 3 is 2.96 bits per heavy atom. The van der Waals surface area contributed by atoms with Gasteiger partial charge in [-0.2, -0.15) is 0 Å². The number of aromatic nitrogens is 2. The van der Waals surface area contributed by atoms with E-state index in [0.717, 1.165) is 27.0 Å². The Bertz CT molecular complexity index is 795. The highest BCUT2D eigenvalue weighted by Gasteiger charge is 2.25. The first-order valence-electron chi connectivity index (χ1n) is 7.94. The Kier molecular flexibility index (Phi) is 5.67. The molecule has 25 heavy (non-hydrogen) atoms. The third-order valence-electron chi connectivity index (χ3n) is 3.58. The maximum atomic E-state index is 11.4. The molecule has 7 heteroatoms. The molecule has 1 aliphatic heterocycles. The standard InChI is InChI=1S/C18H19N3O3S/c1-3-24-16(22)6-4-5-13-7-8-15-14(11-13)21(12-23-2)17-18(25-15)20-10-9-19-17/h4,6-11H,3,5,12H2,1-2H3/b6-4+. The van der Waals surface area contributed by atoms with E-state index in [0.29, 0.717) is 19.8 Å². The van der Waals surface area contributed by atoms with E-state index in [4.69, 9.17) is 9.47 Å². The average molecular weight is 357 g/mol. The third kappa shape index (κ3) is 4.00. The number of hydrogen-bond donors (Lipinski definition) is 0. The second-order valence-electron chi connectivity index (χ2n) is 5.29. The Morgan fingerprint density at radius 2 is 2.16 bits per heavy atom. The summed E-state index contributed by atoms with van der Waals surface area (Å²) in [7, 11) is 1.66. The fourth-order valence-corrected chi connectivity index (χ4v) is 3.51. The van der Waals surface area contributed by atoms with Crippen LogP contribution in [-0.4, -0.2) is 36.4 Å². The predicted octanol–water partition coefficient (Wildman–Crippen LogP) is 3.35. The lowest BCUT2D eigenvalue weighted by atomic mass is 10.1. The van der Waals surface area contributed by atoms with Crippen LogP contribution >= 0.6 is 11.8 Å². The summed E-state index contributed by atoms with van der Waals surface area (Å²) in [5.41, 5.74) is 2.12. The molecule has 0 saturated carbocycles. The Balaban J connectivity index is 1.84. The molecule has 1 aromatic heterocycles. The van der Waals surface area contributed by atoms with Crippen LogP contribution in [0.3, 0.4) is 0 Å². The third-order valence-corrected chi connectivity index (χ3v) is 4.62. The van der Waals surface area contributed by atoms with Gasteiger partial charge in [-0.1, -0.05) is 23.9 Å². The number of ether oxygens (including phenoxy) is 2. The van der Waals surface area contributed by atoms with Gasteiger partial charge in [0.05, 0.1) is 12.3 Å². The molecule has 0 fully saturated rings. The van der Waals surface area contributed by atoms with Crippen LogP contribution in [0.4, 0.5) is 11.5 Å². The van der Waals surface area contributed by atoms with Crippen molar-refractivity contribution in [1.82, 2.24) is 9.97 Å². The van der Waals surface area contributed by atoms with Crippen molar-refractivity contribution >= 4 is 29.2 Å². The van der Waals surface area contributed by atoms with Gasteiger partial charge in [-0.3, -0.25) is 4.90 Å². The fourth-order valence-electron chi connectivity index (χ4n) is 2.52. The van der Waals surface area contributed by atoms with Gasteiger partial charge < -0.3 is 9.47 Å². The van der Waals surface area contributed by atoms with Gasteiger partial charge in [-0.15, -0.1) is 0 Å². The molecule has 3 rings (SSSR count). The van der Waals surface area contributed by atoms with Crippen molar-refractivity contribution < 1.29 is 14.3 Å². The minimum atomic E-state index is -0.318. The quantitative estimate of drug-likeness (QED) is 0.580. The number of carbonyl (C=O) groups is 1. The summed E-state index contributed by atoms with van der Waals surface area (Å²) in [6.45, 7) is 2.56. The highest BCUT2D eigenvalue weighted by molar-refractivity contribution is 7.99. The summed E-state index contributed by atoms with van der Waals surface area (Å²) in [6, 6.07) is 6.20. The molecule has 0 saturated heterocycles. The van der Waals surface area contributed by atoms with E-state index in [1.54, 1.807) is 38.2 Å². The zero-order valence-electron chi connectivity index (χ0n) is 14.1. The van der Waals surface area contributed by atoms with Gasteiger partial charge in [0.15, 0.2) is 5.82 Å². The van der Waals surface area contributed by atoms with Crippen LogP contribution < -0.4 is 4.90 Å². The zero-order chi connectivity index (χ0) is 17.6. The largest absolute Gasteiger partial charge is 0.463 e. The van der Waals surface area contributed by atoms with E-state index in [1.165, 1.54) is 6.08 Å². The lowest BCUT2D eigenvalue weighted by molar-refractivity contribution is -0.137. The van der Waals surface area contributed by atoms with E-state index in [2.05, 4.69) is 22.1 Å². The lowest BCUT2D eigenvalue weighted by Gasteiger charge is -2.30. The van der Waals surface area contributed by atoms with Crippen LogP contribution in [-0.2, 0) is 20.7 Å². The van der Waals surface area contributed by atoms with E-state index in [9.17, 15) is 4.79 Å². The molecule has 0 bridgehead atoms. The molecule has 1 aromatic carbocycles. The number of benzene rings is 1. The highest BCUT2D eigenvalue weighted by Crippen LogP contribution is 2.46. The molecule has 130 valence electrons. The van der Waals surface area contributed by atoms with Crippen molar-refractivity contribution in [1.29, 1.82) is 0 Å². The Labute approximate surface area is 150 Å². The van der Waals surface area contributed by atoms with E-state index < -0.39 is 0 Å². The van der Waals surface area contributed by atoms with Crippen LogP contribution in [0.15, 0.2) is 52.7 Å². The monoisotopic (exact) mass is 357 g/mol. The molecule has 0 unspecified atom stereocenters. The maximum absolute atomic E-state index is 11.4. The lowest BCUT2D eigenvalue weighted by Crippen LogP contribution is -2.24. The highest BCUT2D eigenvalue weighted by atomic mass is 32.2. The first-order valence-corrected chi connectivity index (χ1v) is 8.76. The van der Waals surface area contributed by atoms with Crippen LogP contribution in [0.2, 0.25) is 0 Å². The van der Waals surface area contributed by atoms with Gasteiger partial charge in [0.1, 0.15) is 11.8 Å². The van der Waals surface area contributed by atoms with Crippen molar-refractivity contribution in [2.45, 2.75) is 23.3 Å². The van der Waals surface area contributed by atoms with Crippen molar-refractivity contribution in [2.24, 2.45) is 0 Å². The smallest absolute Gasteiger partial charge is 0.330 e. The van der Waals surface area contributed by atoms with E-state index in [1.807, 2.05) is 17.0 Å². The topological polar surface area (TPSA) is 64.5 Å². The van der Waals surface area contributed by atoms with Crippen molar-refractivity contribution in [3.8, 4) is 0 Å². The number of anilines is 2. The number of fused-ring (bicyclic) bond motifs is 2. The second kappa shape index (κ2) is 8.13. The summed E-state index contributed by atoms with van der Waals surface area (Å²) in [5.74, 6) is 0.474. The molecule has 2 heterocycles. The van der Waals surface area contributed by atoms with E-state index in [-0.39, 0.29) is 5.97 Å². The summed E-state index contributed by atoms with van der Waals surface area (Å²) >= 11 is 1.59. The number of methoxy groups -OCH3 is 1. The number of allylic oxidation sites excluding steroid dienone is 1. The molecule has 0 amide bonds. The number of rotatable bonds is 6. The molecule has 6 nitrogen and oxygen atoms in total. The molecule has 0 aliphatic carbocycles. The van der Waals surface area contributed by atoms with Gasteiger partial charge in [-0.05, 0) is 31.0 Å². The molecular formula is C18H19N3O3S. The number of carbonyl (C=O) groups excluding carboxylic acids is 1. The van der Waals surface area contributed by atoms with E-state index >= 15 is 0 Å². The van der Waals surface area contributed by atoms with Crippen LogP contribution in [0.25, 0.3) is 0 Å². The molecule has 2 aromatic rings. The molecular weight excluding hydrogens is 338 g/mol. The van der Waals surface area contributed by atoms with Crippen molar-refractivity contribution in [2.75, 3.05) is 25.3 Å². The van der Waals surface area contributed by atoms with Gasteiger partial charge >= 0.3 is 5.97 Å². The molecule has 0 spiro atoms. The van der Waals surface area contributed by atoms with Crippen molar-refractivity contribution in [3.05, 3.63) is 48.3 Å². The SMILES string of the molecule is CCOC(=O)/C=C/Cc1ccc2c(c1)N(COC)c1nccnc1S2. The number of hydrogen-bond acceptors (Lipinski definition) is 7. The summed E-state index contributed by atoms with van der Waals surface area (Å²) in [4.78, 5) is 23.3. The first-order chi connectivity index (χ1) is 12.2. The molecule has 0 atom stereocenters. The number of nitrogens with zero attached hydrogens (tertiary/aromatic N) is 3. The van der Waals surface area contributed by atoms with Gasteiger partial charge in [0.2, 0.25) is 0 Å². The van der Waals surface area contributed by atoms with Crippen LogP contribution in [0, 0.1) is 0 Å². The van der Waals surface area contributed by atoms with Crippen LogP contribution in [0.5, 0.6) is 0 Å².